The first kappa shape index (κ1) is 23.0. The number of aromatic amines is 1. The maximum atomic E-state index is 12.8. The molecule has 160 valence electrons. The topological polar surface area (TPSA) is 134 Å². The second-order valence-corrected chi connectivity index (χ2v) is 7.08. The lowest BCUT2D eigenvalue weighted by Crippen LogP contribution is -2.48. The van der Waals surface area contributed by atoms with Crippen LogP contribution < -0.4 is 5.32 Å². The van der Waals surface area contributed by atoms with Gasteiger partial charge in [0.1, 0.15) is 12.1 Å². The first-order valence-corrected chi connectivity index (χ1v) is 9.64. The van der Waals surface area contributed by atoms with E-state index in [1.165, 1.54) is 7.11 Å². The fourth-order valence-corrected chi connectivity index (χ4v) is 3.03. The summed E-state index contributed by atoms with van der Waals surface area (Å²) in [5, 5.41) is 3.61. The van der Waals surface area contributed by atoms with E-state index in [1.54, 1.807) is 13.8 Å². The quantitative estimate of drug-likeness (QED) is 0.250. The smallest absolute Gasteiger partial charge is 0.328 e. The van der Waals surface area contributed by atoms with Crippen molar-refractivity contribution in [3.8, 4) is 0 Å². The third-order valence-electron chi connectivity index (χ3n) is 4.49. The Balaban J connectivity index is 2.10. The molecule has 30 heavy (non-hydrogen) atoms. The van der Waals surface area contributed by atoms with Crippen molar-refractivity contribution in [3.63, 3.8) is 0 Å². The molecule has 1 amide bonds. The van der Waals surface area contributed by atoms with Crippen LogP contribution >= 0.6 is 0 Å². The third-order valence-corrected chi connectivity index (χ3v) is 4.49. The normalized spacial score (nSPS) is 12.8. The zero-order valence-electron chi connectivity index (χ0n) is 17.3. The highest BCUT2D eigenvalue weighted by Crippen LogP contribution is 2.20. The van der Waals surface area contributed by atoms with Gasteiger partial charge in [0.2, 0.25) is 11.7 Å². The van der Waals surface area contributed by atoms with Crippen molar-refractivity contribution in [2.75, 3.05) is 7.11 Å². The van der Waals surface area contributed by atoms with Crippen LogP contribution in [-0.2, 0) is 30.3 Å². The predicted octanol–water partition coefficient (Wildman–Crippen LogP) is 1.81. The fraction of sp³-hybridized carbons (Fsp3) is 0.429. The van der Waals surface area contributed by atoms with Gasteiger partial charge in [-0.3, -0.25) is 9.59 Å². The minimum atomic E-state index is -1.03. The number of H-pyrrole nitrogens is 1. The van der Waals surface area contributed by atoms with Crippen molar-refractivity contribution in [1.29, 1.82) is 0 Å². The summed E-state index contributed by atoms with van der Waals surface area (Å²) >= 11 is 0. The number of fused-ring (bicyclic) bond motifs is 1. The van der Waals surface area contributed by atoms with Gasteiger partial charge in [-0.2, -0.15) is 4.79 Å². The lowest BCUT2D eigenvalue weighted by atomic mass is 10.0. The summed E-state index contributed by atoms with van der Waals surface area (Å²) in [6, 6.07) is 6.67. The number of amides is 1. The average molecular weight is 414 g/mol. The van der Waals surface area contributed by atoms with Crippen LogP contribution in [0, 0.1) is 0 Å². The largest absolute Gasteiger partial charge is 0.461 e. The van der Waals surface area contributed by atoms with Crippen LogP contribution in [0.1, 0.15) is 32.3 Å². The Morgan fingerprint density at radius 2 is 2.00 bits per heavy atom. The number of Topliss-reactive ketones (excluding diaryl/α,β-unsaturated/α-hetero) is 1. The molecular weight excluding hydrogens is 388 g/mol. The lowest BCUT2D eigenvalue weighted by Gasteiger charge is -2.21. The molecular formula is C21H26N4O5. The van der Waals surface area contributed by atoms with E-state index < -0.39 is 29.8 Å². The molecule has 2 rings (SSSR count). The molecule has 9 nitrogen and oxygen atoms in total. The maximum Gasteiger partial charge on any atom is 0.328 e. The zero-order chi connectivity index (χ0) is 22.1. The van der Waals surface area contributed by atoms with Crippen LogP contribution in [0.5, 0.6) is 0 Å². The fourth-order valence-electron chi connectivity index (χ4n) is 3.03. The Morgan fingerprint density at radius 1 is 1.27 bits per heavy atom. The highest BCUT2D eigenvalue weighted by molar-refractivity contribution is 6.25. The van der Waals surface area contributed by atoms with Gasteiger partial charge in [0, 0.05) is 37.1 Å². The predicted molar refractivity (Wildman–Crippen MR) is 110 cm³/mol. The van der Waals surface area contributed by atoms with Gasteiger partial charge in [-0.25, -0.2) is 4.79 Å². The number of esters is 1. The van der Waals surface area contributed by atoms with Crippen LogP contribution in [0.15, 0.2) is 30.5 Å². The molecule has 0 aliphatic heterocycles. The third kappa shape index (κ3) is 6.37. The number of carbonyl (C=O) groups excluding carboxylic acids is 3. The van der Waals surface area contributed by atoms with Crippen LogP contribution in [0.25, 0.3) is 16.4 Å². The summed E-state index contributed by atoms with van der Waals surface area (Å²) in [7, 11) is 1.42. The van der Waals surface area contributed by atoms with Gasteiger partial charge >= 0.3 is 12.2 Å². The van der Waals surface area contributed by atoms with E-state index in [4.69, 9.17) is 15.0 Å². The Bertz CT molecular complexity index is 946. The first-order chi connectivity index (χ1) is 14.3. The number of nitrogens with zero attached hydrogens (tertiary/aromatic N) is 2. The Labute approximate surface area is 174 Å². The number of nitrogens with one attached hydrogen (secondary N) is 2. The summed E-state index contributed by atoms with van der Waals surface area (Å²) in [5.41, 5.74) is 10.3. The average Bonchev–Trinajstić information content (AvgIpc) is 3.11. The van der Waals surface area contributed by atoms with E-state index in [0.29, 0.717) is 6.42 Å². The second-order valence-electron chi connectivity index (χ2n) is 7.08. The number of hydrogen-bond donors (Lipinski definition) is 2. The molecule has 2 atom stereocenters. The van der Waals surface area contributed by atoms with E-state index in [9.17, 15) is 14.4 Å². The summed E-state index contributed by atoms with van der Waals surface area (Å²) in [4.78, 5) is 42.6. The summed E-state index contributed by atoms with van der Waals surface area (Å²) < 4.78 is 10.5. The van der Waals surface area contributed by atoms with E-state index in [0.717, 1.165) is 22.7 Å². The van der Waals surface area contributed by atoms with Crippen molar-refractivity contribution in [2.24, 2.45) is 0 Å². The number of ether oxygens (including phenoxy) is 2. The van der Waals surface area contributed by atoms with Crippen LogP contribution in [0.3, 0.4) is 0 Å². The van der Waals surface area contributed by atoms with Gasteiger partial charge in [0.15, 0.2) is 0 Å². The summed E-state index contributed by atoms with van der Waals surface area (Å²) in [6.07, 6.45) is 1.56. The molecule has 1 heterocycles. The van der Waals surface area contributed by atoms with E-state index in [1.807, 2.05) is 30.5 Å². The van der Waals surface area contributed by atoms with Gasteiger partial charge in [-0.05, 0) is 31.9 Å². The standard InChI is InChI=1S/C21H26N4O5/c1-13(2)30-21(28)18(9-8-15(26)12-24-22)25-20(27)19(29-3)10-14-11-23-17-7-5-4-6-16(14)17/h4-7,11-13,18-19,23H,8-10H2,1-3H3,(H,25,27)/t18-,19-/m0/s1. The van der Waals surface area contributed by atoms with Crippen molar-refractivity contribution in [1.82, 2.24) is 10.3 Å². The summed E-state index contributed by atoms with van der Waals surface area (Å²) in [5.74, 6) is -1.61. The van der Waals surface area contributed by atoms with Gasteiger partial charge in [0.25, 0.3) is 0 Å². The number of para-hydroxylation sites is 1. The van der Waals surface area contributed by atoms with Crippen molar-refractivity contribution >= 4 is 34.8 Å². The van der Waals surface area contributed by atoms with Crippen molar-refractivity contribution in [3.05, 3.63) is 41.6 Å². The molecule has 1 aromatic heterocycles. The molecule has 0 saturated carbocycles. The Hall–Kier alpha value is -3.29. The Kier molecular flexibility index (Phi) is 8.46. The molecule has 0 radical (unpaired) electrons. The molecule has 2 aromatic rings. The van der Waals surface area contributed by atoms with Crippen LogP contribution in [0.4, 0.5) is 0 Å². The number of aromatic nitrogens is 1. The molecule has 0 fully saturated rings. The minimum Gasteiger partial charge on any atom is -0.461 e. The first-order valence-electron chi connectivity index (χ1n) is 9.64. The second kappa shape index (κ2) is 11.0. The maximum absolute atomic E-state index is 12.8. The van der Waals surface area contributed by atoms with E-state index >= 15 is 0 Å². The molecule has 0 aliphatic carbocycles. The molecule has 2 N–H and O–H groups in total. The summed E-state index contributed by atoms with van der Waals surface area (Å²) in [6.45, 7) is 3.38. The van der Waals surface area contributed by atoms with Gasteiger partial charge in [-0.15, -0.1) is 0 Å². The number of ketones is 1. The number of hydrogen-bond acceptors (Lipinski definition) is 5. The Morgan fingerprint density at radius 3 is 2.67 bits per heavy atom. The molecule has 0 saturated heterocycles. The van der Waals surface area contributed by atoms with Crippen molar-refractivity contribution in [2.45, 2.75) is 51.4 Å². The number of rotatable bonds is 11. The number of carbonyl (C=O) groups is 3. The zero-order valence-corrected chi connectivity index (χ0v) is 17.3. The molecule has 0 unspecified atom stereocenters. The highest BCUT2D eigenvalue weighted by Gasteiger charge is 2.28. The van der Waals surface area contributed by atoms with Crippen LogP contribution in [0.2, 0.25) is 0 Å². The monoisotopic (exact) mass is 414 g/mol. The number of methoxy groups -OCH3 is 1. The molecule has 0 spiro atoms. The SMILES string of the molecule is CO[C@@H](Cc1c[nH]c2ccccc12)C(=O)N[C@@H](CCC(=O)C=[N+]=[N-])C(=O)OC(C)C. The van der Waals surface area contributed by atoms with E-state index in [2.05, 4.69) is 15.1 Å². The molecule has 1 aromatic carbocycles. The van der Waals surface area contributed by atoms with Gasteiger partial charge in [0.05, 0.1) is 6.10 Å². The van der Waals surface area contributed by atoms with Gasteiger partial charge in [-0.1, -0.05) is 18.2 Å². The van der Waals surface area contributed by atoms with Crippen molar-refractivity contribution < 1.29 is 28.6 Å². The number of benzene rings is 1. The lowest BCUT2D eigenvalue weighted by molar-refractivity contribution is -0.152. The van der Waals surface area contributed by atoms with E-state index in [-0.39, 0.29) is 18.9 Å². The molecule has 9 heteroatoms. The molecule has 0 aliphatic rings. The van der Waals surface area contributed by atoms with Crippen LogP contribution in [-0.4, -0.2) is 59.0 Å². The highest BCUT2D eigenvalue weighted by atomic mass is 16.5. The molecule has 0 bridgehead atoms. The van der Waals surface area contributed by atoms with Gasteiger partial charge < -0.3 is 25.3 Å². The minimum absolute atomic E-state index is 0.00562.